The van der Waals surface area contributed by atoms with Gasteiger partial charge in [0, 0.05) is 21.7 Å². The number of nitrogens with zero attached hydrogens (tertiary/aromatic N) is 1. The molecule has 1 aliphatic rings. The average molecular weight is 393 g/mol. The SMILES string of the molecule is CC(CNC(=O)c1ccc(I)c(Cl)c1)N1CCCC1. The number of amides is 1. The van der Waals surface area contributed by atoms with Crippen molar-refractivity contribution in [2.24, 2.45) is 0 Å². The van der Waals surface area contributed by atoms with E-state index in [-0.39, 0.29) is 5.91 Å². The first-order valence-corrected chi connectivity index (χ1v) is 8.01. The number of benzene rings is 1. The van der Waals surface area contributed by atoms with Crippen molar-refractivity contribution in [2.45, 2.75) is 25.8 Å². The predicted molar refractivity (Wildman–Crippen MR) is 86.8 cm³/mol. The molecule has 1 unspecified atom stereocenters. The van der Waals surface area contributed by atoms with Gasteiger partial charge in [0.1, 0.15) is 0 Å². The smallest absolute Gasteiger partial charge is 0.251 e. The molecule has 19 heavy (non-hydrogen) atoms. The van der Waals surface area contributed by atoms with Crippen LogP contribution >= 0.6 is 34.2 Å². The third-order valence-electron chi connectivity index (χ3n) is 3.50. The highest BCUT2D eigenvalue weighted by molar-refractivity contribution is 14.1. The minimum Gasteiger partial charge on any atom is -0.350 e. The van der Waals surface area contributed by atoms with Crippen LogP contribution in [0.5, 0.6) is 0 Å². The van der Waals surface area contributed by atoms with E-state index in [9.17, 15) is 4.79 Å². The van der Waals surface area contributed by atoms with Crippen molar-refractivity contribution in [1.29, 1.82) is 0 Å². The van der Waals surface area contributed by atoms with Gasteiger partial charge in [0.05, 0.1) is 5.02 Å². The van der Waals surface area contributed by atoms with E-state index in [0.29, 0.717) is 23.2 Å². The van der Waals surface area contributed by atoms with Gasteiger partial charge < -0.3 is 5.32 Å². The fraction of sp³-hybridized carbons (Fsp3) is 0.500. The van der Waals surface area contributed by atoms with Crippen LogP contribution in [0.1, 0.15) is 30.1 Å². The van der Waals surface area contributed by atoms with Gasteiger partial charge >= 0.3 is 0 Å². The number of hydrogen-bond acceptors (Lipinski definition) is 2. The highest BCUT2D eigenvalue weighted by atomic mass is 127. The molecule has 1 heterocycles. The number of rotatable bonds is 4. The molecule has 1 N–H and O–H groups in total. The zero-order chi connectivity index (χ0) is 13.8. The van der Waals surface area contributed by atoms with E-state index in [2.05, 4.69) is 39.7 Å². The second-order valence-corrected chi connectivity index (χ2v) is 6.50. The van der Waals surface area contributed by atoms with Gasteiger partial charge in [-0.2, -0.15) is 0 Å². The Labute approximate surface area is 132 Å². The molecule has 104 valence electrons. The van der Waals surface area contributed by atoms with Crippen LogP contribution in [-0.4, -0.2) is 36.5 Å². The molecule has 1 fully saturated rings. The van der Waals surface area contributed by atoms with Gasteiger partial charge in [-0.15, -0.1) is 0 Å². The Bertz CT molecular complexity index is 461. The second-order valence-electron chi connectivity index (χ2n) is 4.93. The normalized spacial score (nSPS) is 17.4. The quantitative estimate of drug-likeness (QED) is 0.798. The van der Waals surface area contributed by atoms with Crippen molar-refractivity contribution < 1.29 is 4.79 Å². The van der Waals surface area contributed by atoms with Crippen molar-refractivity contribution in [1.82, 2.24) is 10.2 Å². The summed E-state index contributed by atoms with van der Waals surface area (Å²) >= 11 is 8.18. The number of nitrogens with one attached hydrogen (secondary N) is 1. The maximum Gasteiger partial charge on any atom is 0.251 e. The molecule has 1 atom stereocenters. The van der Waals surface area contributed by atoms with Crippen molar-refractivity contribution in [3.05, 3.63) is 32.4 Å². The summed E-state index contributed by atoms with van der Waals surface area (Å²) in [6.45, 7) is 5.13. The summed E-state index contributed by atoms with van der Waals surface area (Å²) in [7, 11) is 0. The number of hydrogen-bond donors (Lipinski definition) is 1. The van der Waals surface area contributed by atoms with Crippen LogP contribution in [0, 0.1) is 3.57 Å². The van der Waals surface area contributed by atoms with E-state index < -0.39 is 0 Å². The first-order chi connectivity index (χ1) is 9.08. The minimum absolute atomic E-state index is 0.0515. The highest BCUT2D eigenvalue weighted by Gasteiger charge is 2.18. The van der Waals surface area contributed by atoms with Crippen molar-refractivity contribution in [2.75, 3.05) is 19.6 Å². The average Bonchev–Trinajstić information content (AvgIpc) is 2.92. The first kappa shape index (κ1) is 15.1. The van der Waals surface area contributed by atoms with Gasteiger partial charge in [-0.3, -0.25) is 9.69 Å². The van der Waals surface area contributed by atoms with E-state index in [0.717, 1.165) is 16.7 Å². The molecule has 0 saturated carbocycles. The first-order valence-electron chi connectivity index (χ1n) is 6.55. The molecule has 1 saturated heterocycles. The summed E-state index contributed by atoms with van der Waals surface area (Å²) in [5.74, 6) is -0.0515. The van der Waals surface area contributed by atoms with Crippen LogP contribution < -0.4 is 5.32 Å². The topological polar surface area (TPSA) is 32.3 Å². The molecule has 0 aromatic heterocycles. The van der Waals surface area contributed by atoms with E-state index in [4.69, 9.17) is 11.6 Å². The number of likely N-dealkylation sites (tertiary alicyclic amines) is 1. The summed E-state index contributed by atoms with van der Waals surface area (Å²) in [6, 6.07) is 5.79. The van der Waals surface area contributed by atoms with Gasteiger partial charge in [-0.25, -0.2) is 0 Å². The summed E-state index contributed by atoms with van der Waals surface area (Å²) < 4.78 is 0.959. The zero-order valence-corrected chi connectivity index (χ0v) is 13.9. The third-order valence-corrected chi connectivity index (χ3v) is 5.08. The fourth-order valence-electron chi connectivity index (χ4n) is 2.29. The van der Waals surface area contributed by atoms with E-state index in [1.54, 1.807) is 6.07 Å². The van der Waals surface area contributed by atoms with Crippen LogP contribution in [0.15, 0.2) is 18.2 Å². The molecule has 0 spiro atoms. The number of carbonyl (C=O) groups is 1. The van der Waals surface area contributed by atoms with Gasteiger partial charge in [-0.1, -0.05) is 11.6 Å². The summed E-state index contributed by atoms with van der Waals surface area (Å²) in [5.41, 5.74) is 0.624. The molecule has 3 nitrogen and oxygen atoms in total. The molecule has 5 heteroatoms. The monoisotopic (exact) mass is 392 g/mol. The largest absolute Gasteiger partial charge is 0.350 e. The minimum atomic E-state index is -0.0515. The Balaban J connectivity index is 1.88. The van der Waals surface area contributed by atoms with E-state index in [1.165, 1.54) is 12.8 Å². The van der Waals surface area contributed by atoms with Crippen LogP contribution in [-0.2, 0) is 0 Å². The van der Waals surface area contributed by atoms with Crippen molar-refractivity contribution in [3.63, 3.8) is 0 Å². The molecule has 2 rings (SSSR count). The van der Waals surface area contributed by atoms with Crippen LogP contribution in [0.3, 0.4) is 0 Å². The van der Waals surface area contributed by atoms with Crippen LogP contribution in [0.2, 0.25) is 5.02 Å². The molecule has 1 aromatic rings. The van der Waals surface area contributed by atoms with Gasteiger partial charge in [0.2, 0.25) is 0 Å². The molecule has 1 aromatic carbocycles. The Morgan fingerprint density at radius 3 is 2.79 bits per heavy atom. The van der Waals surface area contributed by atoms with Crippen LogP contribution in [0.4, 0.5) is 0 Å². The van der Waals surface area contributed by atoms with E-state index >= 15 is 0 Å². The molecule has 1 amide bonds. The molecule has 0 aliphatic carbocycles. The predicted octanol–water partition coefficient (Wildman–Crippen LogP) is 3.16. The lowest BCUT2D eigenvalue weighted by Gasteiger charge is -2.23. The molecular weight excluding hydrogens is 375 g/mol. The van der Waals surface area contributed by atoms with Gasteiger partial charge in [0.15, 0.2) is 0 Å². The molecular formula is C14H18ClIN2O. The standard InChI is InChI=1S/C14H18ClIN2O/c1-10(18-6-2-3-7-18)9-17-14(19)11-4-5-13(16)12(15)8-11/h4-5,8,10H,2-3,6-7,9H2,1H3,(H,17,19). The lowest BCUT2D eigenvalue weighted by atomic mass is 10.2. The molecule has 0 radical (unpaired) electrons. The Morgan fingerprint density at radius 1 is 1.47 bits per heavy atom. The zero-order valence-electron chi connectivity index (χ0n) is 11.0. The second kappa shape index (κ2) is 6.90. The maximum absolute atomic E-state index is 12.0. The van der Waals surface area contributed by atoms with Crippen molar-refractivity contribution >= 4 is 40.1 Å². The lowest BCUT2D eigenvalue weighted by molar-refractivity contribution is 0.0940. The Kier molecular flexibility index (Phi) is 5.47. The van der Waals surface area contributed by atoms with E-state index in [1.807, 2.05) is 12.1 Å². The number of halogens is 2. The fourth-order valence-corrected chi connectivity index (χ4v) is 2.81. The van der Waals surface area contributed by atoms with Gasteiger partial charge in [0.25, 0.3) is 5.91 Å². The molecule has 1 aliphatic heterocycles. The lowest BCUT2D eigenvalue weighted by Crippen LogP contribution is -2.40. The Hall–Kier alpha value is -0.330. The third kappa shape index (κ3) is 4.07. The summed E-state index contributed by atoms with van der Waals surface area (Å²) in [6.07, 6.45) is 2.54. The van der Waals surface area contributed by atoms with Gasteiger partial charge in [-0.05, 0) is 73.6 Å². The summed E-state index contributed by atoms with van der Waals surface area (Å²) in [4.78, 5) is 14.5. The molecule has 0 bridgehead atoms. The Morgan fingerprint density at radius 2 is 2.16 bits per heavy atom. The van der Waals surface area contributed by atoms with Crippen molar-refractivity contribution in [3.8, 4) is 0 Å². The maximum atomic E-state index is 12.0. The van der Waals surface area contributed by atoms with Crippen LogP contribution in [0.25, 0.3) is 0 Å². The highest BCUT2D eigenvalue weighted by Crippen LogP contribution is 2.19. The number of carbonyl (C=O) groups excluding carboxylic acids is 1. The summed E-state index contributed by atoms with van der Waals surface area (Å²) in [5, 5.41) is 3.61.